The quantitative estimate of drug-likeness (QED) is 0.647. The van der Waals surface area contributed by atoms with E-state index in [9.17, 15) is 9.18 Å². The predicted molar refractivity (Wildman–Crippen MR) is 96.2 cm³/mol. The van der Waals surface area contributed by atoms with Crippen molar-refractivity contribution in [3.63, 3.8) is 0 Å². The van der Waals surface area contributed by atoms with Gasteiger partial charge in [0.1, 0.15) is 10.8 Å². The van der Waals surface area contributed by atoms with E-state index in [0.29, 0.717) is 0 Å². The molecule has 5 heteroatoms. The third-order valence-electron chi connectivity index (χ3n) is 3.88. The molecule has 2 aromatic carbocycles. The molecule has 0 bridgehead atoms. The van der Waals surface area contributed by atoms with E-state index in [1.165, 1.54) is 18.2 Å². The van der Waals surface area contributed by atoms with Crippen LogP contribution in [-0.4, -0.2) is 22.8 Å². The number of para-hydroxylation sites is 1. The molecule has 3 aromatic rings. The SMILES string of the molecule is C[C@H](c1nc2ccccc2s1)N(C)C(=O)/C=C/c1ccc(F)cc1. The van der Waals surface area contributed by atoms with Crippen molar-refractivity contribution in [2.45, 2.75) is 13.0 Å². The number of hydrogen-bond acceptors (Lipinski definition) is 3. The number of carbonyl (C=O) groups is 1. The van der Waals surface area contributed by atoms with Crippen molar-refractivity contribution >= 4 is 33.5 Å². The second-order valence-corrected chi connectivity index (χ2v) is 6.59. The van der Waals surface area contributed by atoms with Gasteiger partial charge in [0.05, 0.1) is 16.3 Å². The Morgan fingerprint density at radius 1 is 1.21 bits per heavy atom. The third-order valence-corrected chi connectivity index (χ3v) is 5.09. The molecule has 0 aliphatic carbocycles. The molecule has 0 saturated heterocycles. The first-order valence-electron chi connectivity index (χ1n) is 7.60. The highest BCUT2D eigenvalue weighted by Crippen LogP contribution is 2.28. The molecule has 0 N–H and O–H groups in total. The van der Waals surface area contributed by atoms with Gasteiger partial charge in [-0.3, -0.25) is 4.79 Å². The van der Waals surface area contributed by atoms with Crippen LogP contribution in [0.15, 0.2) is 54.6 Å². The van der Waals surface area contributed by atoms with Gasteiger partial charge in [0, 0.05) is 13.1 Å². The van der Waals surface area contributed by atoms with Crippen LogP contribution in [0.1, 0.15) is 23.5 Å². The summed E-state index contributed by atoms with van der Waals surface area (Å²) in [4.78, 5) is 18.6. The van der Waals surface area contributed by atoms with E-state index in [2.05, 4.69) is 4.98 Å². The number of benzene rings is 2. The molecule has 24 heavy (non-hydrogen) atoms. The first-order valence-corrected chi connectivity index (χ1v) is 8.42. The van der Waals surface area contributed by atoms with Crippen LogP contribution in [0.4, 0.5) is 4.39 Å². The maximum absolute atomic E-state index is 12.9. The zero-order valence-corrected chi connectivity index (χ0v) is 14.3. The van der Waals surface area contributed by atoms with Crippen LogP contribution in [0.5, 0.6) is 0 Å². The van der Waals surface area contributed by atoms with Crippen LogP contribution in [0, 0.1) is 5.82 Å². The second kappa shape index (κ2) is 6.93. The summed E-state index contributed by atoms with van der Waals surface area (Å²) in [5.74, 6) is -0.411. The minimum Gasteiger partial charge on any atom is -0.333 e. The van der Waals surface area contributed by atoms with Crippen molar-refractivity contribution in [1.29, 1.82) is 0 Å². The molecule has 0 aliphatic heterocycles. The van der Waals surface area contributed by atoms with Crippen LogP contribution >= 0.6 is 11.3 Å². The number of carbonyl (C=O) groups excluding carboxylic acids is 1. The topological polar surface area (TPSA) is 33.2 Å². The van der Waals surface area contributed by atoms with Gasteiger partial charge < -0.3 is 4.90 Å². The van der Waals surface area contributed by atoms with Crippen LogP contribution in [0.3, 0.4) is 0 Å². The van der Waals surface area contributed by atoms with Crippen molar-refractivity contribution in [2.75, 3.05) is 7.05 Å². The Morgan fingerprint density at radius 3 is 2.62 bits per heavy atom. The smallest absolute Gasteiger partial charge is 0.246 e. The Bertz CT molecular complexity index is 853. The lowest BCUT2D eigenvalue weighted by Gasteiger charge is -2.21. The summed E-state index contributed by atoms with van der Waals surface area (Å²) in [5, 5.41) is 0.905. The molecule has 1 heterocycles. The fourth-order valence-electron chi connectivity index (χ4n) is 2.28. The molecule has 0 aliphatic rings. The van der Waals surface area contributed by atoms with Gasteiger partial charge in [-0.15, -0.1) is 11.3 Å². The minimum atomic E-state index is -0.292. The summed E-state index contributed by atoms with van der Waals surface area (Å²) in [6.07, 6.45) is 3.18. The first kappa shape index (κ1) is 16.3. The zero-order chi connectivity index (χ0) is 17.1. The number of aromatic nitrogens is 1. The molecule has 3 rings (SSSR count). The van der Waals surface area contributed by atoms with Gasteiger partial charge in [-0.2, -0.15) is 0 Å². The van der Waals surface area contributed by atoms with Gasteiger partial charge >= 0.3 is 0 Å². The van der Waals surface area contributed by atoms with E-state index in [1.807, 2.05) is 31.2 Å². The van der Waals surface area contributed by atoms with Gasteiger partial charge in [-0.25, -0.2) is 9.37 Å². The van der Waals surface area contributed by atoms with Crippen molar-refractivity contribution in [3.05, 3.63) is 71.0 Å². The van der Waals surface area contributed by atoms with E-state index in [-0.39, 0.29) is 17.8 Å². The Balaban J connectivity index is 1.73. The molecular weight excluding hydrogens is 323 g/mol. The van der Waals surface area contributed by atoms with Gasteiger partial charge in [-0.05, 0) is 42.8 Å². The standard InChI is InChI=1S/C19H17FN2OS/c1-13(19-21-16-5-3-4-6-17(16)24-19)22(2)18(23)12-9-14-7-10-15(20)11-8-14/h3-13H,1-2H3/b12-9+/t13-/m1/s1. The van der Waals surface area contributed by atoms with Crippen LogP contribution in [0.25, 0.3) is 16.3 Å². The number of likely N-dealkylation sites (N-methyl/N-ethyl adjacent to an activating group) is 1. The number of hydrogen-bond donors (Lipinski definition) is 0. The number of rotatable bonds is 4. The number of thiazole rings is 1. The Morgan fingerprint density at radius 2 is 1.92 bits per heavy atom. The monoisotopic (exact) mass is 340 g/mol. The summed E-state index contributed by atoms with van der Waals surface area (Å²) in [5.41, 5.74) is 1.73. The summed E-state index contributed by atoms with van der Waals surface area (Å²) >= 11 is 1.60. The van der Waals surface area contributed by atoms with E-state index in [0.717, 1.165) is 20.8 Å². The number of halogens is 1. The molecule has 1 aromatic heterocycles. The van der Waals surface area contributed by atoms with Crippen LogP contribution in [-0.2, 0) is 4.79 Å². The van der Waals surface area contributed by atoms with Crippen molar-refractivity contribution in [3.8, 4) is 0 Å². The normalized spacial score (nSPS) is 12.6. The summed E-state index contributed by atoms with van der Waals surface area (Å²) in [6.45, 7) is 1.96. The van der Waals surface area contributed by atoms with Gasteiger partial charge in [-0.1, -0.05) is 24.3 Å². The van der Waals surface area contributed by atoms with Crippen molar-refractivity contribution in [2.24, 2.45) is 0 Å². The highest BCUT2D eigenvalue weighted by Gasteiger charge is 2.19. The van der Waals surface area contributed by atoms with Gasteiger partial charge in [0.2, 0.25) is 5.91 Å². The van der Waals surface area contributed by atoms with Crippen LogP contribution in [0.2, 0.25) is 0 Å². The fourth-order valence-corrected chi connectivity index (χ4v) is 3.35. The molecule has 0 spiro atoms. The van der Waals surface area contributed by atoms with E-state index >= 15 is 0 Å². The Labute approximate surface area is 144 Å². The Kier molecular flexibility index (Phi) is 4.71. The molecule has 0 radical (unpaired) electrons. The first-order chi connectivity index (χ1) is 11.5. The summed E-state index contributed by atoms with van der Waals surface area (Å²) < 4.78 is 14.0. The largest absolute Gasteiger partial charge is 0.333 e. The van der Waals surface area contributed by atoms with Gasteiger partial charge in [0.15, 0.2) is 0 Å². The summed E-state index contributed by atoms with van der Waals surface area (Å²) in [7, 11) is 1.76. The lowest BCUT2D eigenvalue weighted by Crippen LogP contribution is -2.27. The summed E-state index contributed by atoms with van der Waals surface area (Å²) in [6, 6.07) is 13.8. The average Bonchev–Trinajstić information content (AvgIpc) is 3.03. The molecule has 122 valence electrons. The van der Waals surface area contributed by atoms with E-state index in [4.69, 9.17) is 0 Å². The van der Waals surface area contributed by atoms with Crippen LogP contribution < -0.4 is 0 Å². The second-order valence-electron chi connectivity index (χ2n) is 5.53. The Hall–Kier alpha value is -2.53. The zero-order valence-electron chi connectivity index (χ0n) is 13.4. The number of fused-ring (bicyclic) bond motifs is 1. The molecule has 1 amide bonds. The highest BCUT2D eigenvalue weighted by atomic mass is 32.1. The molecule has 3 nitrogen and oxygen atoms in total. The van der Waals surface area contributed by atoms with E-state index < -0.39 is 0 Å². The molecule has 0 saturated carbocycles. The molecular formula is C19H17FN2OS. The minimum absolute atomic E-state index is 0.118. The third kappa shape index (κ3) is 3.51. The average molecular weight is 340 g/mol. The van der Waals surface area contributed by atoms with Crippen molar-refractivity contribution in [1.82, 2.24) is 9.88 Å². The van der Waals surface area contributed by atoms with E-state index in [1.54, 1.807) is 41.5 Å². The predicted octanol–water partition coefficient (Wildman–Crippen LogP) is 4.67. The van der Waals surface area contributed by atoms with Crippen molar-refractivity contribution < 1.29 is 9.18 Å². The maximum atomic E-state index is 12.9. The number of amides is 1. The number of nitrogens with zero attached hydrogens (tertiary/aromatic N) is 2. The lowest BCUT2D eigenvalue weighted by molar-refractivity contribution is -0.126. The fraction of sp³-hybridized carbons (Fsp3) is 0.158. The van der Waals surface area contributed by atoms with Gasteiger partial charge in [0.25, 0.3) is 0 Å². The maximum Gasteiger partial charge on any atom is 0.246 e. The molecule has 0 unspecified atom stereocenters. The highest BCUT2D eigenvalue weighted by molar-refractivity contribution is 7.18. The molecule has 1 atom stereocenters. The molecule has 0 fully saturated rings. The lowest BCUT2D eigenvalue weighted by atomic mass is 10.2.